The normalized spacial score (nSPS) is 13.2. The third-order valence-corrected chi connectivity index (χ3v) is 7.07. The molecule has 0 fully saturated rings. The smallest absolute Gasteiger partial charge is 0.150 e. The van der Waals surface area contributed by atoms with E-state index in [4.69, 9.17) is 9.47 Å². The maximum absolute atomic E-state index is 5.94. The first-order valence-electron chi connectivity index (χ1n) is 11.5. The van der Waals surface area contributed by atoms with E-state index >= 15 is 0 Å². The summed E-state index contributed by atoms with van der Waals surface area (Å²) in [5.41, 5.74) is 2.75. The molecule has 0 spiro atoms. The van der Waals surface area contributed by atoms with Crippen LogP contribution in [0.1, 0.15) is 45.8 Å². The van der Waals surface area contributed by atoms with Gasteiger partial charge in [-0.05, 0) is 31.9 Å². The van der Waals surface area contributed by atoms with Crippen LogP contribution in [0.5, 0.6) is 0 Å². The van der Waals surface area contributed by atoms with E-state index < -0.39 is 8.07 Å². The number of aromatic nitrogens is 5. The Kier molecular flexibility index (Phi) is 8.40. The summed E-state index contributed by atoms with van der Waals surface area (Å²) < 4.78 is 15.8. The predicted molar refractivity (Wildman–Crippen MR) is 128 cm³/mol. The van der Waals surface area contributed by atoms with E-state index in [1.165, 1.54) is 12.8 Å². The summed E-state index contributed by atoms with van der Waals surface area (Å²) in [5, 5.41) is 5.60. The molecule has 0 aliphatic rings. The Morgan fingerprint density at radius 3 is 2.71 bits per heavy atom. The number of fused-ring (bicyclic) bond motifs is 1. The SMILES string of the molecule is CCCCCC(OCC)n1cc(-c2ncnc3c2ccn3COCC[Si](C)(C)C)cn1. The number of nitrogens with zero attached hydrogens (tertiary/aromatic N) is 5. The quantitative estimate of drug-likeness (QED) is 0.249. The molecule has 3 rings (SSSR count). The molecular formula is C23H37N5O2Si. The van der Waals surface area contributed by atoms with E-state index in [9.17, 15) is 0 Å². The van der Waals surface area contributed by atoms with Gasteiger partial charge in [-0.2, -0.15) is 5.10 Å². The van der Waals surface area contributed by atoms with Gasteiger partial charge in [-0.25, -0.2) is 14.6 Å². The van der Waals surface area contributed by atoms with Gasteiger partial charge in [0, 0.05) is 44.6 Å². The van der Waals surface area contributed by atoms with Crippen LogP contribution in [-0.2, 0) is 16.2 Å². The van der Waals surface area contributed by atoms with E-state index in [0.29, 0.717) is 13.3 Å². The predicted octanol–water partition coefficient (Wildman–Crippen LogP) is 5.72. The van der Waals surface area contributed by atoms with Crippen molar-refractivity contribution < 1.29 is 9.47 Å². The van der Waals surface area contributed by atoms with Crippen molar-refractivity contribution in [1.29, 1.82) is 0 Å². The highest BCUT2D eigenvalue weighted by molar-refractivity contribution is 6.76. The molecule has 0 saturated carbocycles. The summed E-state index contributed by atoms with van der Waals surface area (Å²) in [6.07, 6.45) is 12.0. The van der Waals surface area contributed by atoms with Gasteiger partial charge in [0.1, 0.15) is 24.9 Å². The van der Waals surface area contributed by atoms with Crippen molar-refractivity contribution in [3.63, 3.8) is 0 Å². The Morgan fingerprint density at radius 1 is 1.13 bits per heavy atom. The first-order chi connectivity index (χ1) is 14.9. The molecule has 3 aromatic heterocycles. The zero-order chi connectivity index (χ0) is 22.3. The van der Waals surface area contributed by atoms with Gasteiger partial charge in [0.15, 0.2) is 0 Å². The van der Waals surface area contributed by atoms with E-state index in [-0.39, 0.29) is 6.23 Å². The van der Waals surface area contributed by atoms with Crippen molar-refractivity contribution in [2.75, 3.05) is 13.2 Å². The second kappa shape index (κ2) is 11.0. The van der Waals surface area contributed by atoms with Gasteiger partial charge in [-0.15, -0.1) is 0 Å². The second-order valence-electron chi connectivity index (χ2n) is 9.21. The lowest BCUT2D eigenvalue weighted by Crippen LogP contribution is -2.22. The molecule has 0 aliphatic heterocycles. The molecule has 1 atom stereocenters. The third kappa shape index (κ3) is 6.47. The fourth-order valence-electron chi connectivity index (χ4n) is 3.55. The van der Waals surface area contributed by atoms with E-state index in [2.05, 4.69) is 47.7 Å². The van der Waals surface area contributed by atoms with Crippen LogP contribution in [0.2, 0.25) is 25.7 Å². The molecule has 1 unspecified atom stereocenters. The van der Waals surface area contributed by atoms with Crippen molar-refractivity contribution in [3.05, 3.63) is 31.0 Å². The highest BCUT2D eigenvalue weighted by Gasteiger charge is 2.16. The standard InChI is InChI=1S/C23H37N5O2Si/c1-6-8-9-10-21(30-7-2)28-16-19(15-26-28)22-20-11-12-27(23(20)25-17-24-22)18-29-13-14-31(3,4)5/h11-12,15-17,21H,6-10,13-14,18H2,1-5H3. The van der Waals surface area contributed by atoms with Gasteiger partial charge in [-0.1, -0.05) is 39.4 Å². The molecule has 3 aromatic rings. The average Bonchev–Trinajstić information content (AvgIpc) is 3.37. The van der Waals surface area contributed by atoms with Crippen LogP contribution in [-0.4, -0.2) is 45.6 Å². The van der Waals surface area contributed by atoms with Gasteiger partial charge in [-0.3, -0.25) is 0 Å². The maximum atomic E-state index is 5.94. The van der Waals surface area contributed by atoms with Crippen LogP contribution >= 0.6 is 0 Å². The van der Waals surface area contributed by atoms with Gasteiger partial charge >= 0.3 is 0 Å². The highest BCUT2D eigenvalue weighted by atomic mass is 28.3. The zero-order valence-electron chi connectivity index (χ0n) is 19.7. The number of rotatable bonds is 13. The minimum Gasteiger partial charge on any atom is -0.361 e. The monoisotopic (exact) mass is 443 g/mol. The van der Waals surface area contributed by atoms with Gasteiger partial charge < -0.3 is 14.0 Å². The van der Waals surface area contributed by atoms with E-state index in [1.54, 1.807) is 6.33 Å². The summed E-state index contributed by atoms with van der Waals surface area (Å²) in [6.45, 7) is 13.3. The first-order valence-corrected chi connectivity index (χ1v) is 15.2. The molecule has 8 heteroatoms. The molecule has 170 valence electrons. The highest BCUT2D eigenvalue weighted by Crippen LogP contribution is 2.27. The van der Waals surface area contributed by atoms with Crippen molar-refractivity contribution in [2.45, 2.75) is 78.2 Å². The number of unbranched alkanes of at least 4 members (excludes halogenated alkanes) is 2. The molecule has 0 radical (unpaired) electrons. The Labute approximate surface area is 186 Å². The van der Waals surface area contributed by atoms with Gasteiger partial charge in [0.2, 0.25) is 0 Å². The van der Waals surface area contributed by atoms with Crippen molar-refractivity contribution >= 4 is 19.1 Å². The van der Waals surface area contributed by atoms with E-state index in [0.717, 1.165) is 47.8 Å². The summed E-state index contributed by atoms with van der Waals surface area (Å²) in [4.78, 5) is 9.06. The van der Waals surface area contributed by atoms with Crippen LogP contribution < -0.4 is 0 Å². The van der Waals surface area contributed by atoms with Crippen LogP contribution in [0.15, 0.2) is 31.0 Å². The molecule has 0 bridgehead atoms. The van der Waals surface area contributed by atoms with Crippen LogP contribution in [0, 0.1) is 0 Å². The lowest BCUT2D eigenvalue weighted by Gasteiger charge is -2.17. The minimum atomic E-state index is -1.09. The van der Waals surface area contributed by atoms with Gasteiger partial charge in [0.25, 0.3) is 0 Å². The Morgan fingerprint density at radius 2 is 1.97 bits per heavy atom. The summed E-state index contributed by atoms with van der Waals surface area (Å²) in [5.74, 6) is 0. The largest absolute Gasteiger partial charge is 0.361 e. The second-order valence-corrected chi connectivity index (χ2v) is 14.8. The lowest BCUT2D eigenvalue weighted by atomic mass is 10.2. The Bertz CT molecular complexity index is 947. The van der Waals surface area contributed by atoms with E-state index in [1.807, 2.05) is 34.8 Å². The molecular weight excluding hydrogens is 406 g/mol. The summed E-state index contributed by atoms with van der Waals surface area (Å²) >= 11 is 0. The summed E-state index contributed by atoms with van der Waals surface area (Å²) in [6, 6.07) is 3.22. The van der Waals surface area contributed by atoms with Gasteiger partial charge in [0.05, 0.1) is 11.9 Å². The molecule has 0 saturated heterocycles. The lowest BCUT2D eigenvalue weighted by molar-refractivity contribution is -0.00612. The Balaban J connectivity index is 1.75. The summed E-state index contributed by atoms with van der Waals surface area (Å²) in [7, 11) is -1.09. The minimum absolute atomic E-state index is 0.0352. The molecule has 0 N–H and O–H groups in total. The Hall–Kier alpha value is -2.03. The van der Waals surface area contributed by atoms with Crippen molar-refractivity contribution in [1.82, 2.24) is 24.3 Å². The number of ether oxygens (including phenoxy) is 2. The van der Waals surface area contributed by atoms with Crippen LogP contribution in [0.4, 0.5) is 0 Å². The van der Waals surface area contributed by atoms with Crippen molar-refractivity contribution in [2.24, 2.45) is 0 Å². The number of hydrogen-bond donors (Lipinski definition) is 0. The molecule has 0 aliphatic carbocycles. The number of hydrogen-bond acceptors (Lipinski definition) is 5. The molecule has 31 heavy (non-hydrogen) atoms. The topological polar surface area (TPSA) is 67.0 Å². The maximum Gasteiger partial charge on any atom is 0.150 e. The van der Waals surface area contributed by atoms with Crippen LogP contribution in [0.3, 0.4) is 0 Å². The van der Waals surface area contributed by atoms with Crippen molar-refractivity contribution in [3.8, 4) is 11.3 Å². The zero-order valence-corrected chi connectivity index (χ0v) is 20.7. The molecule has 0 aromatic carbocycles. The molecule has 3 heterocycles. The fourth-order valence-corrected chi connectivity index (χ4v) is 4.31. The third-order valence-electron chi connectivity index (χ3n) is 5.37. The first kappa shape index (κ1) is 23.6. The average molecular weight is 444 g/mol. The molecule has 0 amide bonds. The van der Waals surface area contributed by atoms with Crippen LogP contribution in [0.25, 0.3) is 22.3 Å². The molecule has 7 nitrogen and oxygen atoms in total. The fraction of sp³-hybridized carbons (Fsp3) is 0.609.